The molecule has 156 valence electrons. The van der Waals surface area contributed by atoms with Gasteiger partial charge in [-0.05, 0) is 44.7 Å². The number of anilines is 1. The molecule has 1 aromatic heterocycles. The zero-order chi connectivity index (χ0) is 18.7. The van der Waals surface area contributed by atoms with E-state index in [1.807, 2.05) is 12.3 Å². The molecule has 0 amide bonds. The summed E-state index contributed by atoms with van der Waals surface area (Å²) in [5.41, 5.74) is 1.82. The van der Waals surface area contributed by atoms with Crippen LogP contribution in [0.25, 0.3) is 0 Å². The highest BCUT2D eigenvalue weighted by molar-refractivity contribution is 14.0. The van der Waals surface area contributed by atoms with Gasteiger partial charge >= 0.3 is 0 Å². The summed E-state index contributed by atoms with van der Waals surface area (Å²) in [4.78, 5) is 17.0. The number of likely N-dealkylation sites (tertiary alicyclic amines) is 1. The molecule has 7 heteroatoms. The molecule has 1 aliphatic carbocycles. The van der Waals surface area contributed by atoms with Crippen LogP contribution in [-0.4, -0.2) is 73.6 Å². The second kappa shape index (κ2) is 9.61. The minimum Gasteiger partial charge on any atom is -0.357 e. The molecule has 3 aliphatic rings. The predicted octanol–water partition coefficient (Wildman–Crippen LogP) is 2.79. The number of hydrogen-bond donors (Lipinski definition) is 1. The number of pyridine rings is 1. The molecule has 0 bridgehead atoms. The SMILES string of the molecule is CCNC(=NCc1cccnc1N1CCN(C)CC1)N1CCC2(CCC2)C1.I. The van der Waals surface area contributed by atoms with Crippen molar-refractivity contribution in [3.05, 3.63) is 23.9 Å². The predicted molar refractivity (Wildman–Crippen MR) is 127 cm³/mol. The summed E-state index contributed by atoms with van der Waals surface area (Å²) < 4.78 is 0. The molecule has 1 aromatic rings. The van der Waals surface area contributed by atoms with E-state index in [4.69, 9.17) is 9.98 Å². The summed E-state index contributed by atoms with van der Waals surface area (Å²) in [6.07, 6.45) is 7.45. The van der Waals surface area contributed by atoms with Gasteiger partial charge in [-0.1, -0.05) is 12.5 Å². The number of piperazine rings is 1. The largest absolute Gasteiger partial charge is 0.357 e. The number of aliphatic imine (C=N–C) groups is 1. The van der Waals surface area contributed by atoms with Crippen molar-refractivity contribution in [3.63, 3.8) is 0 Å². The van der Waals surface area contributed by atoms with Gasteiger partial charge in [0.1, 0.15) is 5.82 Å². The molecule has 28 heavy (non-hydrogen) atoms. The lowest BCUT2D eigenvalue weighted by Crippen LogP contribution is -2.45. The third kappa shape index (κ3) is 4.72. The van der Waals surface area contributed by atoms with Gasteiger partial charge in [0.05, 0.1) is 6.54 Å². The molecule has 0 radical (unpaired) electrons. The number of guanidine groups is 1. The van der Waals surface area contributed by atoms with Crippen LogP contribution in [0.4, 0.5) is 5.82 Å². The van der Waals surface area contributed by atoms with Gasteiger partial charge < -0.3 is 20.0 Å². The number of aromatic nitrogens is 1. The second-order valence-corrected chi connectivity index (χ2v) is 8.47. The van der Waals surface area contributed by atoms with E-state index in [1.165, 1.54) is 37.8 Å². The Hall–Kier alpha value is -1.09. The Morgan fingerprint density at radius 1 is 1.18 bits per heavy atom. The molecule has 6 nitrogen and oxygen atoms in total. The van der Waals surface area contributed by atoms with Gasteiger partial charge in [-0.3, -0.25) is 0 Å². The van der Waals surface area contributed by atoms with E-state index in [0.29, 0.717) is 12.0 Å². The third-order valence-corrected chi connectivity index (χ3v) is 6.56. The quantitative estimate of drug-likeness (QED) is 0.393. The van der Waals surface area contributed by atoms with Gasteiger partial charge in [-0.2, -0.15) is 0 Å². The Morgan fingerprint density at radius 2 is 1.96 bits per heavy atom. The average Bonchev–Trinajstić information content (AvgIpc) is 3.12. The maximum Gasteiger partial charge on any atom is 0.194 e. The first-order valence-corrected chi connectivity index (χ1v) is 10.6. The molecule has 2 saturated heterocycles. The molecule has 0 atom stereocenters. The van der Waals surface area contributed by atoms with Crippen LogP contribution >= 0.6 is 24.0 Å². The number of nitrogens with zero attached hydrogens (tertiary/aromatic N) is 5. The zero-order valence-electron chi connectivity index (χ0n) is 17.4. The van der Waals surface area contributed by atoms with Gasteiger partial charge in [0.15, 0.2) is 5.96 Å². The summed E-state index contributed by atoms with van der Waals surface area (Å²) >= 11 is 0. The smallest absolute Gasteiger partial charge is 0.194 e. The minimum atomic E-state index is 0. The van der Waals surface area contributed by atoms with E-state index in [0.717, 1.165) is 51.0 Å². The minimum absolute atomic E-state index is 0. The molecule has 3 fully saturated rings. The molecule has 1 saturated carbocycles. The number of rotatable bonds is 4. The summed E-state index contributed by atoms with van der Waals surface area (Å²) in [6.45, 7) is 10.4. The molecule has 1 N–H and O–H groups in total. The van der Waals surface area contributed by atoms with Crippen LogP contribution in [0.5, 0.6) is 0 Å². The van der Waals surface area contributed by atoms with Crippen LogP contribution < -0.4 is 10.2 Å². The highest BCUT2D eigenvalue weighted by Gasteiger charge is 2.43. The van der Waals surface area contributed by atoms with Crippen molar-refractivity contribution in [1.29, 1.82) is 0 Å². The van der Waals surface area contributed by atoms with Gasteiger partial charge in [-0.15, -0.1) is 24.0 Å². The van der Waals surface area contributed by atoms with Crippen LogP contribution in [0.2, 0.25) is 0 Å². The van der Waals surface area contributed by atoms with Gasteiger partial charge in [0.25, 0.3) is 0 Å². The van der Waals surface area contributed by atoms with Gasteiger partial charge in [0, 0.05) is 57.6 Å². The summed E-state index contributed by atoms with van der Waals surface area (Å²) in [7, 11) is 2.19. The standard InChI is InChI=1S/C21H34N6.HI/c1-3-22-20(27-11-9-21(17-27)7-5-8-21)24-16-18-6-4-10-23-19(18)26-14-12-25(2)13-15-26;/h4,6,10H,3,5,7-9,11-17H2,1-2H3,(H,22,24);1H. The van der Waals surface area contributed by atoms with Crippen LogP contribution in [0.15, 0.2) is 23.3 Å². The number of nitrogens with one attached hydrogen (secondary N) is 1. The zero-order valence-corrected chi connectivity index (χ0v) is 19.7. The van der Waals surface area contributed by atoms with Gasteiger partial charge in [0.2, 0.25) is 0 Å². The van der Waals surface area contributed by atoms with Crippen LogP contribution in [-0.2, 0) is 6.54 Å². The first-order chi connectivity index (χ1) is 13.2. The Labute approximate surface area is 186 Å². The van der Waals surface area contributed by atoms with Crippen LogP contribution in [0, 0.1) is 5.41 Å². The summed E-state index contributed by atoms with van der Waals surface area (Å²) in [6, 6.07) is 4.22. The van der Waals surface area contributed by atoms with E-state index < -0.39 is 0 Å². The lowest BCUT2D eigenvalue weighted by atomic mass is 9.68. The monoisotopic (exact) mass is 498 g/mol. The third-order valence-electron chi connectivity index (χ3n) is 6.56. The van der Waals surface area contributed by atoms with Crippen LogP contribution in [0.1, 0.15) is 38.2 Å². The van der Waals surface area contributed by atoms with Crippen molar-refractivity contribution in [1.82, 2.24) is 20.1 Å². The maximum atomic E-state index is 5.01. The normalized spacial score (nSPS) is 22.1. The second-order valence-electron chi connectivity index (χ2n) is 8.47. The maximum absolute atomic E-state index is 5.01. The molecule has 0 aromatic carbocycles. The molecule has 0 unspecified atom stereocenters. The lowest BCUT2D eigenvalue weighted by Gasteiger charge is -2.38. The lowest BCUT2D eigenvalue weighted by molar-refractivity contribution is 0.151. The van der Waals surface area contributed by atoms with E-state index in [-0.39, 0.29) is 24.0 Å². The fourth-order valence-corrected chi connectivity index (χ4v) is 4.64. The fourth-order valence-electron chi connectivity index (χ4n) is 4.64. The van der Waals surface area contributed by atoms with Gasteiger partial charge in [-0.25, -0.2) is 9.98 Å². The first kappa shape index (κ1) is 21.6. The van der Waals surface area contributed by atoms with E-state index in [2.05, 4.69) is 40.1 Å². The van der Waals surface area contributed by atoms with Crippen molar-refractivity contribution < 1.29 is 0 Å². The fraction of sp³-hybridized carbons (Fsp3) is 0.714. The number of halogens is 1. The Bertz CT molecular complexity index is 667. The van der Waals surface area contributed by atoms with E-state index >= 15 is 0 Å². The topological polar surface area (TPSA) is 47.0 Å². The Morgan fingerprint density at radius 3 is 2.61 bits per heavy atom. The first-order valence-electron chi connectivity index (χ1n) is 10.6. The molecular formula is C21H35IN6. The van der Waals surface area contributed by atoms with Crippen molar-refractivity contribution in [2.75, 3.05) is 57.8 Å². The molecule has 2 aliphatic heterocycles. The van der Waals surface area contributed by atoms with E-state index in [1.54, 1.807) is 0 Å². The summed E-state index contributed by atoms with van der Waals surface area (Å²) in [5, 5.41) is 3.52. The highest BCUT2D eigenvalue weighted by Crippen LogP contribution is 2.47. The van der Waals surface area contributed by atoms with Crippen LogP contribution in [0.3, 0.4) is 0 Å². The number of likely N-dealkylation sites (N-methyl/N-ethyl adjacent to an activating group) is 1. The van der Waals surface area contributed by atoms with Crippen molar-refractivity contribution >= 4 is 35.8 Å². The summed E-state index contributed by atoms with van der Waals surface area (Å²) in [5.74, 6) is 2.19. The number of hydrogen-bond acceptors (Lipinski definition) is 4. The molecule has 1 spiro atoms. The molecule has 3 heterocycles. The molecular weight excluding hydrogens is 463 g/mol. The Balaban J connectivity index is 0.00000225. The van der Waals surface area contributed by atoms with E-state index in [9.17, 15) is 0 Å². The van der Waals surface area contributed by atoms with Crippen molar-refractivity contribution in [2.24, 2.45) is 10.4 Å². The molecule has 4 rings (SSSR count). The van der Waals surface area contributed by atoms with Crippen molar-refractivity contribution in [3.8, 4) is 0 Å². The average molecular weight is 498 g/mol. The Kier molecular flexibility index (Phi) is 7.42. The van der Waals surface area contributed by atoms with Crippen molar-refractivity contribution in [2.45, 2.75) is 39.2 Å². The highest BCUT2D eigenvalue weighted by atomic mass is 127.